The van der Waals surface area contributed by atoms with Crippen LogP contribution in [0.3, 0.4) is 0 Å². The molecular formula is C18H21NO3. The Morgan fingerprint density at radius 2 is 2.05 bits per heavy atom. The van der Waals surface area contributed by atoms with E-state index in [0.29, 0.717) is 30.7 Å². The van der Waals surface area contributed by atoms with Crippen LogP contribution >= 0.6 is 0 Å². The minimum Gasteiger partial charge on any atom is -0.466 e. The lowest BCUT2D eigenvalue weighted by molar-refractivity contribution is 0.0638. The molecule has 1 saturated heterocycles. The molecule has 0 radical (unpaired) electrons. The van der Waals surface area contributed by atoms with Gasteiger partial charge in [-0.3, -0.25) is 4.79 Å². The van der Waals surface area contributed by atoms with Crippen molar-refractivity contribution in [2.75, 3.05) is 6.54 Å². The molecule has 22 heavy (non-hydrogen) atoms. The maximum atomic E-state index is 12.8. The summed E-state index contributed by atoms with van der Waals surface area (Å²) in [7, 11) is 0. The predicted octanol–water partition coefficient (Wildman–Crippen LogP) is 2.71. The number of aliphatic hydroxyl groups is 1. The second kappa shape index (κ2) is 5.97. The fraction of sp³-hybridized carbons (Fsp3) is 0.389. The number of nitrogens with zero attached hydrogens (tertiary/aromatic N) is 1. The first kappa shape index (κ1) is 14.9. The van der Waals surface area contributed by atoms with Gasteiger partial charge < -0.3 is 14.4 Å². The molecule has 0 saturated carbocycles. The van der Waals surface area contributed by atoms with Gasteiger partial charge in [0.25, 0.3) is 5.91 Å². The Morgan fingerprint density at radius 3 is 2.68 bits per heavy atom. The maximum absolute atomic E-state index is 12.8. The Balaban J connectivity index is 1.82. The molecule has 1 aliphatic rings. The lowest BCUT2D eigenvalue weighted by Gasteiger charge is -2.26. The Morgan fingerprint density at radius 1 is 1.32 bits per heavy atom. The second-order valence-corrected chi connectivity index (χ2v) is 5.94. The summed E-state index contributed by atoms with van der Waals surface area (Å²) in [6.07, 6.45) is 0.820. The third-order valence-electron chi connectivity index (χ3n) is 4.33. The molecule has 3 rings (SSSR count). The zero-order chi connectivity index (χ0) is 15.7. The first-order valence-electron chi connectivity index (χ1n) is 7.66. The van der Waals surface area contributed by atoms with Crippen LogP contribution in [0.4, 0.5) is 0 Å². The molecule has 4 heteroatoms. The zero-order valence-electron chi connectivity index (χ0n) is 13.0. The summed E-state index contributed by atoms with van der Waals surface area (Å²) in [4.78, 5) is 14.6. The van der Waals surface area contributed by atoms with Gasteiger partial charge in [-0.1, -0.05) is 30.3 Å². The molecule has 2 heterocycles. The summed E-state index contributed by atoms with van der Waals surface area (Å²) in [5.74, 6) is 1.33. The van der Waals surface area contributed by atoms with E-state index in [1.54, 1.807) is 17.9 Å². The fourth-order valence-corrected chi connectivity index (χ4v) is 3.19. The third-order valence-corrected chi connectivity index (χ3v) is 4.33. The predicted molar refractivity (Wildman–Crippen MR) is 83.8 cm³/mol. The van der Waals surface area contributed by atoms with E-state index in [4.69, 9.17) is 4.42 Å². The van der Waals surface area contributed by atoms with Crippen molar-refractivity contribution in [1.82, 2.24) is 4.90 Å². The van der Waals surface area contributed by atoms with Gasteiger partial charge in [-0.15, -0.1) is 0 Å². The van der Waals surface area contributed by atoms with Gasteiger partial charge in [-0.25, -0.2) is 0 Å². The quantitative estimate of drug-likeness (QED) is 0.948. The monoisotopic (exact) mass is 299 g/mol. The Kier molecular flexibility index (Phi) is 4.03. The van der Waals surface area contributed by atoms with Crippen LogP contribution in [0.15, 0.2) is 40.8 Å². The normalized spacial score (nSPS) is 21.3. The first-order chi connectivity index (χ1) is 10.6. The lowest BCUT2D eigenvalue weighted by Crippen LogP contribution is -2.41. The number of hydrogen-bond donors (Lipinski definition) is 1. The molecule has 1 aromatic carbocycles. The second-order valence-electron chi connectivity index (χ2n) is 5.94. The largest absolute Gasteiger partial charge is 0.466 e. The molecular weight excluding hydrogens is 278 g/mol. The summed E-state index contributed by atoms with van der Waals surface area (Å²) in [6.45, 7) is 4.23. The summed E-state index contributed by atoms with van der Waals surface area (Å²) < 4.78 is 5.47. The summed E-state index contributed by atoms with van der Waals surface area (Å²) >= 11 is 0. The Labute approximate surface area is 130 Å². The van der Waals surface area contributed by atoms with E-state index in [1.807, 2.05) is 37.3 Å². The lowest BCUT2D eigenvalue weighted by atomic mass is 10.0. The Bertz CT molecular complexity index is 662. The first-order valence-corrected chi connectivity index (χ1v) is 7.66. The standard InChI is InChI=1S/C18H21NO3/c1-12-10-15(13(2)22-12)18(21)19-9-8-17(20)16(19)11-14-6-4-3-5-7-14/h3-7,10,16-17,20H,8-9,11H2,1-2H3/t16-,17+/m0/s1. The summed E-state index contributed by atoms with van der Waals surface area (Å²) in [5.41, 5.74) is 1.73. The van der Waals surface area contributed by atoms with Crippen molar-refractivity contribution in [1.29, 1.82) is 0 Å². The van der Waals surface area contributed by atoms with Crippen molar-refractivity contribution in [2.24, 2.45) is 0 Å². The third kappa shape index (κ3) is 2.79. The smallest absolute Gasteiger partial charge is 0.257 e. The van der Waals surface area contributed by atoms with Crippen LogP contribution in [0.1, 0.15) is 33.9 Å². The molecule has 1 fully saturated rings. The SMILES string of the molecule is Cc1cc(C(=O)N2CC[C@@H](O)[C@@H]2Cc2ccccc2)c(C)o1. The van der Waals surface area contributed by atoms with Crippen LogP contribution in [-0.4, -0.2) is 34.6 Å². The highest BCUT2D eigenvalue weighted by atomic mass is 16.3. The van der Waals surface area contributed by atoms with E-state index in [-0.39, 0.29) is 11.9 Å². The number of benzene rings is 1. The topological polar surface area (TPSA) is 53.7 Å². The number of hydrogen-bond acceptors (Lipinski definition) is 3. The molecule has 0 aliphatic carbocycles. The van der Waals surface area contributed by atoms with Gasteiger partial charge in [-0.2, -0.15) is 0 Å². The van der Waals surface area contributed by atoms with Gasteiger partial charge in [0.1, 0.15) is 11.5 Å². The van der Waals surface area contributed by atoms with Crippen LogP contribution < -0.4 is 0 Å². The van der Waals surface area contributed by atoms with E-state index in [1.165, 1.54) is 0 Å². The van der Waals surface area contributed by atoms with Crippen LogP contribution in [0.2, 0.25) is 0 Å². The van der Waals surface area contributed by atoms with Crippen LogP contribution in [0.5, 0.6) is 0 Å². The minimum atomic E-state index is -0.475. The highest BCUT2D eigenvalue weighted by molar-refractivity contribution is 5.95. The van der Waals surface area contributed by atoms with Gasteiger partial charge in [0.15, 0.2) is 0 Å². The number of rotatable bonds is 3. The molecule has 2 atom stereocenters. The molecule has 0 bridgehead atoms. The number of amides is 1. The molecule has 0 spiro atoms. The summed E-state index contributed by atoms with van der Waals surface area (Å²) in [6, 6.07) is 11.6. The van der Waals surface area contributed by atoms with Crippen LogP contribution in [0, 0.1) is 13.8 Å². The number of aliphatic hydroxyl groups excluding tert-OH is 1. The van der Waals surface area contributed by atoms with E-state index in [0.717, 1.165) is 11.3 Å². The average molecular weight is 299 g/mol. The molecule has 1 aromatic heterocycles. The highest BCUT2D eigenvalue weighted by Crippen LogP contribution is 2.26. The molecule has 1 N–H and O–H groups in total. The summed E-state index contributed by atoms with van der Waals surface area (Å²) in [5, 5.41) is 10.3. The van der Waals surface area contributed by atoms with E-state index in [2.05, 4.69) is 0 Å². The number of aryl methyl sites for hydroxylation is 2. The Hall–Kier alpha value is -2.07. The number of carbonyl (C=O) groups is 1. The molecule has 1 amide bonds. The highest BCUT2D eigenvalue weighted by Gasteiger charge is 2.37. The van der Waals surface area contributed by atoms with Crippen molar-refractivity contribution in [3.05, 3.63) is 59.0 Å². The molecule has 116 valence electrons. The van der Waals surface area contributed by atoms with Crippen LogP contribution in [0.25, 0.3) is 0 Å². The van der Waals surface area contributed by atoms with Gasteiger partial charge in [0.2, 0.25) is 0 Å². The van der Waals surface area contributed by atoms with Crippen molar-refractivity contribution in [3.8, 4) is 0 Å². The van der Waals surface area contributed by atoms with Gasteiger partial charge in [-0.05, 0) is 38.3 Å². The molecule has 0 unspecified atom stereocenters. The van der Waals surface area contributed by atoms with Crippen molar-refractivity contribution >= 4 is 5.91 Å². The number of carbonyl (C=O) groups excluding carboxylic acids is 1. The van der Waals surface area contributed by atoms with Gasteiger partial charge >= 0.3 is 0 Å². The van der Waals surface area contributed by atoms with Crippen molar-refractivity contribution < 1.29 is 14.3 Å². The van der Waals surface area contributed by atoms with Crippen molar-refractivity contribution in [3.63, 3.8) is 0 Å². The van der Waals surface area contributed by atoms with E-state index in [9.17, 15) is 9.90 Å². The van der Waals surface area contributed by atoms with E-state index >= 15 is 0 Å². The van der Waals surface area contributed by atoms with E-state index < -0.39 is 6.10 Å². The molecule has 4 nitrogen and oxygen atoms in total. The van der Waals surface area contributed by atoms with Gasteiger partial charge in [0, 0.05) is 6.54 Å². The maximum Gasteiger partial charge on any atom is 0.257 e. The zero-order valence-corrected chi connectivity index (χ0v) is 13.0. The molecule has 1 aliphatic heterocycles. The van der Waals surface area contributed by atoms with Crippen molar-refractivity contribution in [2.45, 2.75) is 38.8 Å². The van der Waals surface area contributed by atoms with Crippen LogP contribution in [-0.2, 0) is 6.42 Å². The fourth-order valence-electron chi connectivity index (χ4n) is 3.19. The average Bonchev–Trinajstić information content (AvgIpc) is 3.03. The van der Waals surface area contributed by atoms with Gasteiger partial charge in [0.05, 0.1) is 17.7 Å². The number of furan rings is 1. The number of likely N-dealkylation sites (tertiary alicyclic amines) is 1. The molecule has 2 aromatic rings. The minimum absolute atomic E-state index is 0.0492.